The highest BCUT2D eigenvalue weighted by Crippen LogP contribution is 2.29. The largest absolute Gasteiger partial charge is 0.457 e. The number of ether oxygens (including phenoxy) is 1. The molecule has 1 saturated carbocycles. The van der Waals surface area contributed by atoms with Crippen LogP contribution in [0.3, 0.4) is 0 Å². The predicted molar refractivity (Wildman–Crippen MR) is 162 cm³/mol. The number of rotatable bonds is 11. The summed E-state index contributed by atoms with van der Waals surface area (Å²) in [5.41, 5.74) is 0.748. The molecule has 3 aromatic rings. The number of para-hydroxylation sites is 1. The van der Waals surface area contributed by atoms with Crippen LogP contribution in [0.25, 0.3) is 0 Å². The number of nitrogens with one attached hydrogen (secondary N) is 1. The van der Waals surface area contributed by atoms with E-state index in [1.165, 1.54) is 4.90 Å². The van der Waals surface area contributed by atoms with Gasteiger partial charge in [0, 0.05) is 28.2 Å². The van der Waals surface area contributed by atoms with Gasteiger partial charge in [-0.15, -0.1) is 0 Å². The van der Waals surface area contributed by atoms with Gasteiger partial charge < -0.3 is 15.0 Å². The number of hydrogen-bond acceptors (Lipinski definition) is 5. The lowest BCUT2D eigenvalue weighted by Gasteiger charge is -2.32. The first-order valence-electron chi connectivity index (χ1n) is 13.4. The second kappa shape index (κ2) is 13.6. The monoisotopic (exact) mass is 617 g/mol. The highest BCUT2D eigenvalue weighted by molar-refractivity contribution is 7.92. The van der Waals surface area contributed by atoms with Gasteiger partial charge in [0.05, 0.1) is 11.9 Å². The van der Waals surface area contributed by atoms with Crippen LogP contribution < -0.4 is 14.4 Å². The number of carbonyl (C=O) groups is 2. The molecule has 0 spiro atoms. The molecule has 1 atom stereocenters. The van der Waals surface area contributed by atoms with Gasteiger partial charge >= 0.3 is 0 Å². The summed E-state index contributed by atoms with van der Waals surface area (Å²) in [6.07, 6.45) is 4.87. The highest BCUT2D eigenvalue weighted by atomic mass is 35.5. The Bertz CT molecular complexity index is 1440. The van der Waals surface area contributed by atoms with Gasteiger partial charge in [-0.1, -0.05) is 60.3 Å². The minimum atomic E-state index is -3.88. The van der Waals surface area contributed by atoms with E-state index in [1.54, 1.807) is 61.5 Å². The van der Waals surface area contributed by atoms with E-state index in [0.29, 0.717) is 27.1 Å². The average Bonchev–Trinajstić information content (AvgIpc) is 3.45. The maximum atomic E-state index is 13.8. The molecule has 4 rings (SSSR count). The molecule has 0 aliphatic heterocycles. The van der Waals surface area contributed by atoms with Gasteiger partial charge in [0.25, 0.3) is 0 Å². The topological polar surface area (TPSA) is 96.0 Å². The van der Waals surface area contributed by atoms with E-state index in [0.717, 1.165) is 36.2 Å². The molecule has 0 unspecified atom stereocenters. The molecule has 2 amide bonds. The van der Waals surface area contributed by atoms with Crippen molar-refractivity contribution in [2.24, 2.45) is 0 Å². The van der Waals surface area contributed by atoms with Gasteiger partial charge in [-0.25, -0.2) is 8.42 Å². The second-order valence-corrected chi connectivity index (χ2v) is 12.8. The Kier molecular flexibility index (Phi) is 10.2. The first-order chi connectivity index (χ1) is 19.5. The van der Waals surface area contributed by atoms with Crippen LogP contribution in [-0.2, 0) is 26.2 Å². The molecule has 0 aromatic heterocycles. The number of benzene rings is 3. The van der Waals surface area contributed by atoms with Crippen molar-refractivity contribution in [3.05, 3.63) is 88.4 Å². The molecule has 1 N–H and O–H groups in total. The fourth-order valence-electron chi connectivity index (χ4n) is 4.75. The summed E-state index contributed by atoms with van der Waals surface area (Å²) in [4.78, 5) is 28.4. The molecule has 1 aliphatic carbocycles. The maximum absolute atomic E-state index is 13.8. The van der Waals surface area contributed by atoms with Crippen LogP contribution in [0.15, 0.2) is 72.8 Å². The lowest BCUT2D eigenvalue weighted by Crippen LogP contribution is -2.52. The van der Waals surface area contributed by atoms with E-state index in [-0.39, 0.29) is 24.2 Å². The normalized spacial score (nSPS) is 14.3. The van der Waals surface area contributed by atoms with Gasteiger partial charge in [0.1, 0.15) is 24.1 Å². The van der Waals surface area contributed by atoms with Crippen LogP contribution in [0.4, 0.5) is 5.69 Å². The zero-order chi connectivity index (χ0) is 29.6. The standard InChI is InChI=1S/C30H33Cl2N3O5S/c1-21(30(37)33-22-9-6-7-10-22)34(19-26-27(31)13-8-14-28(26)32)29(36)20-35(41(2,38)39)23-15-17-25(18-16-23)40-24-11-4-3-5-12-24/h3-5,8,11-18,21-22H,6-7,9-10,19-20H2,1-2H3,(H,33,37)/t21-/m1/s1. The summed E-state index contributed by atoms with van der Waals surface area (Å²) in [5.74, 6) is 0.243. The molecule has 11 heteroatoms. The summed E-state index contributed by atoms with van der Waals surface area (Å²) in [5, 5.41) is 3.71. The third-order valence-corrected chi connectivity index (χ3v) is 8.89. The molecule has 41 heavy (non-hydrogen) atoms. The quantitative estimate of drug-likeness (QED) is 0.283. The van der Waals surface area contributed by atoms with Crippen molar-refractivity contribution in [2.45, 2.75) is 51.2 Å². The van der Waals surface area contributed by atoms with E-state index in [4.69, 9.17) is 27.9 Å². The van der Waals surface area contributed by atoms with Gasteiger partial charge in [-0.3, -0.25) is 13.9 Å². The van der Waals surface area contributed by atoms with Crippen LogP contribution in [-0.4, -0.2) is 50.0 Å². The summed E-state index contributed by atoms with van der Waals surface area (Å²) >= 11 is 12.8. The van der Waals surface area contributed by atoms with E-state index >= 15 is 0 Å². The molecule has 0 bridgehead atoms. The number of anilines is 1. The van der Waals surface area contributed by atoms with Crippen molar-refractivity contribution >= 4 is 50.7 Å². The van der Waals surface area contributed by atoms with Crippen molar-refractivity contribution < 1.29 is 22.7 Å². The summed E-state index contributed by atoms with van der Waals surface area (Å²) in [7, 11) is -3.88. The number of hydrogen-bond donors (Lipinski definition) is 1. The summed E-state index contributed by atoms with van der Waals surface area (Å²) in [6.45, 7) is 1.02. The van der Waals surface area contributed by atoms with Gasteiger partial charge in [-0.05, 0) is 68.3 Å². The minimum absolute atomic E-state index is 0.0509. The number of halogens is 2. The predicted octanol–water partition coefficient (Wildman–Crippen LogP) is 6.03. The summed E-state index contributed by atoms with van der Waals surface area (Å²) in [6, 6.07) is 19.7. The zero-order valence-corrected chi connectivity index (χ0v) is 25.3. The maximum Gasteiger partial charge on any atom is 0.244 e. The van der Waals surface area contributed by atoms with Crippen LogP contribution >= 0.6 is 23.2 Å². The van der Waals surface area contributed by atoms with Crippen LogP contribution in [0.2, 0.25) is 10.0 Å². The van der Waals surface area contributed by atoms with E-state index < -0.39 is 28.5 Å². The van der Waals surface area contributed by atoms with E-state index in [1.807, 2.05) is 18.2 Å². The van der Waals surface area contributed by atoms with Gasteiger partial charge in [-0.2, -0.15) is 0 Å². The molecule has 3 aromatic carbocycles. The molecule has 0 radical (unpaired) electrons. The third kappa shape index (κ3) is 8.15. The average molecular weight is 619 g/mol. The van der Waals surface area contributed by atoms with E-state index in [9.17, 15) is 18.0 Å². The van der Waals surface area contributed by atoms with Crippen LogP contribution in [0.5, 0.6) is 11.5 Å². The Balaban J connectivity index is 1.58. The van der Waals surface area contributed by atoms with Crippen molar-refractivity contribution in [3.8, 4) is 11.5 Å². The number of sulfonamides is 1. The first kappa shape index (κ1) is 30.7. The molecule has 218 valence electrons. The first-order valence-corrected chi connectivity index (χ1v) is 16.0. The summed E-state index contributed by atoms with van der Waals surface area (Å²) < 4.78 is 32.5. The second-order valence-electron chi connectivity index (χ2n) is 10.1. The van der Waals surface area contributed by atoms with E-state index in [2.05, 4.69) is 5.32 Å². The fraction of sp³-hybridized carbons (Fsp3) is 0.333. The van der Waals surface area contributed by atoms with Crippen LogP contribution in [0, 0.1) is 0 Å². The molecule has 0 saturated heterocycles. The molecule has 1 fully saturated rings. The smallest absolute Gasteiger partial charge is 0.244 e. The Morgan fingerprint density at radius 2 is 1.51 bits per heavy atom. The lowest BCUT2D eigenvalue weighted by molar-refractivity contribution is -0.139. The Hall–Kier alpha value is -3.27. The van der Waals surface area contributed by atoms with Crippen LogP contribution in [0.1, 0.15) is 38.2 Å². The third-order valence-electron chi connectivity index (χ3n) is 7.04. The van der Waals surface area contributed by atoms with Crippen molar-refractivity contribution in [2.75, 3.05) is 17.1 Å². The lowest BCUT2D eigenvalue weighted by atomic mass is 10.1. The SMILES string of the molecule is C[C@H](C(=O)NC1CCCC1)N(Cc1c(Cl)cccc1Cl)C(=O)CN(c1ccc(Oc2ccccc2)cc1)S(C)(=O)=O. The molecule has 8 nitrogen and oxygen atoms in total. The van der Waals surface area contributed by atoms with Crippen molar-refractivity contribution in [1.82, 2.24) is 10.2 Å². The fourth-order valence-corrected chi connectivity index (χ4v) is 6.11. The molecule has 1 aliphatic rings. The highest BCUT2D eigenvalue weighted by Gasteiger charge is 2.32. The Labute approximate surface area is 251 Å². The minimum Gasteiger partial charge on any atom is -0.457 e. The van der Waals surface area contributed by atoms with Gasteiger partial charge in [0.15, 0.2) is 0 Å². The Morgan fingerprint density at radius 3 is 2.10 bits per heavy atom. The van der Waals surface area contributed by atoms with Gasteiger partial charge in [0.2, 0.25) is 21.8 Å². The number of nitrogens with zero attached hydrogens (tertiary/aromatic N) is 2. The molecular weight excluding hydrogens is 585 g/mol. The zero-order valence-electron chi connectivity index (χ0n) is 22.9. The van der Waals surface area contributed by atoms with Crippen molar-refractivity contribution in [3.63, 3.8) is 0 Å². The Morgan fingerprint density at radius 1 is 0.927 bits per heavy atom. The molecule has 0 heterocycles. The molecular formula is C30H33Cl2N3O5S. The number of carbonyl (C=O) groups excluding carboxylic acids is 2. The number of amides is 2. The van der Waals surface area contributed by atoms with Crippen molar-refractivity contribution in [1.29, 1.82) is 0 Å².